The van der Waals surface area contributed by atoms with Crippen LogP contribution in [0.1, 0.15) is 30.4 Å². The van der Waals surface area contributed by atoms with Crippen LogP contribution in [0.3, 0.4) is 0 Å². The van der Waals surface area contributed by atoms with Gasteiger partial charge in [-0.05, 0) is 80.3 Å². The maximum Gasteiger partial charge on any atom is 0.349 e. The predicted octanol–water partition coefficient (Wildman–Crippen LogP) is 3.82. The Balaban J connectivity index is 1.26. The lowest BCUT2D eigenvalue weighted by Crippen LogP contribution is -2.32. The molecule has 1 saturated heterocycles. The lowest BCUT2D eigenvalue weighted by Gasteiger charge is -2.19. The molecular formula is C25H25NO5. The number of imide groups is 1. The number of fused-ring (bicyclic) bond motifs is 5. The molecule has 5 rings (SSSR count). The van der Waals surface area contributed by atoms with Crippen molar-refractivity contribution in [3.63, 3.8) is 0 Å². The molecule has 160 valence electrons. The minimum absolute atomic E-state index is 0.108. The average Bonchev–Trinajstić information content (AvgIpc) is 3.43. The molecule has 4 atom stereocenters. The van der Waals surface area contributed by atoms with E-state index in [1.54, 1.807) is 24.3 Å². The average molecular weight is 419 g/mol. The summed E-state index contributed by atoms with van der Waals surface area (Å²) in [5.74, 6) is 0.430. The fraction of sp³-hybridized carbons (Fsp3) is 0.400. The van der Waals surface area contributed by atoms with E-state index in [1.165, 1.54) is 4.90 Å². The van der Waals surface area contributed by atoms with Gasteiger partial charge >= 0.3 is 5.97 Å². The highest BCUT2D eigenvalue weighted by atomic mass is 16.6. The Hall–Kier alpha value is -3.15. The van der Waals surface area contributed by atoms with Crippen LogP contribution < -0.4 is 14.4 Å². The van der Waals surface area contributed by atoms with Gasteiger partial charge in [0.2, 0.25) is 11.8 Å². The third kappa shape index (κ3) is 3.40. The third-order valence-electron chi connectivity index (χ3n) is 7.07. The van der Waals surface area contributed by atoms with Crippen LogP contribution >= 0.6 is 0 Å². The number of hydrogen-bond donors (Lipinski definition) is 0. The SMILES string of the molecule is Cc1ccc(OCC(=O)Oc2cccc(N3C(=O)[C@H]4[C@H]5CC[C@@H](C5)[C@@H]4C3=O)c2)cc1C. The summed E-state index contributed by atoms with van der Waals surface area (Å²) < 4.78 is 10.9. The Kier molecular flexibility index (Phi) is 4.80. The molecule has 6 nitrogen and oxygen atoms in total. The van der Waals surface area contributed by atoms with Crippen molar-refractivity contribution in [3.05, 3.63) is 53.6 Å². The molecule has 3 fully saturated rings. The summed E-state index contributed by atoms with van der Waals surface area (Å²) in [7, 11) is 0. The maximum absolute atomic E-state index is 13.0. The highest BCUT2D eigenvalue weighted by Gasteiger charge is 2.61. The molecule has 2 aliphatic carbocycles. The van der Waals surface area contributed by atoms with Gasteiger partial charge in [0.15, 0.2) is 6.61 Å². The number of carbonyl (C=O) groups excluding carboxylic acids is 3. The van der Waals surface area contributed by atoms with E-state index in [-0.39, 0.29) is 36.0 Å². The van der Waals surface area contributed by atoms with Crippen LogP contribution in [0.25, 0.3) is 0 Å². The van der Waals surface area contributed by atoms with E-state index in [1.807, 2.05) is 32.0 Å². The summed E-state index contributed by atoms with van der Waals surface area (Å²) in [4.78, 5) is 39.6. The fourth-order valence-electron chi connectivity index (χ4n) is 5.46. The molecule has 0 N–H and O–H groups in total. The van der Waals surface area contributed by atoms with Crippen LogP contribution in [0.15, 0.2) is 42.5 Å². The molecule has 2 amide bonds. The van der Waals surface area contributed by atoms with Gasteiger partial charge in [-0.15, -0.1) is 0 Å². The summed E-state index contributed by atoms with van der Waals surface area (Å²) >= 11 is 0. The van der Waals surface area contributed by atoms with Crippen molar-refractivity contribution in [3.8, 4) is 11.5 Å². The van der Waals surface area contributed by atoms with Crippen molar-refractivity contribution in [1.29, 1.82) is 0 Å². The molecule has 1 heterocycles. The second-order valence-corrected chi connectivity index (χ2v) is 8.90. The monoisotopic (exact) mass is 419 g/mol. The zero-order chi connectivity index (χ0) is 21.7. The summed E-state index contributed by atoms with van der Waals surface area (Å²) in [6.07, 6.45) is 3.08. The van der Waals surface area contributed by atoms with E-state index in [2.05, 4.69) is 0 Å². The largest absolute Gasteiger partial charge is 0.482 e. The van der Waals surface area contributed by atoms with Gasteiger partial charge in [0.05, 0.1) is 17.5 Å². The molecule has 2 aromatic rings. The van der Waals surface area contributed by atoms with E-state index in [0.717, 1.165) is 30.4 Å². The molecule has 0 spiro atoms. The molecule has 2 aromatic carbocycles. The van der Waals surface area contributed by atoms with E-state index >= 15 is 0 Å². The molecule has 1 aliphatic heterocycles. The Labute approximate surface area is 181 Å². The first-order chi connectivity index (χ1) is 14.9. The topological polar surface area (TPSA) is 72.9 Å². The Bertz CT molecular complexity index is 1050. The van der Waals surface area contributed by atoms with Gasteiger partial charge in [-0.2, -0.15) is 0 Å². The number of rotatable bonds is 5. The number of nitrogens with zero attached hydrogens (tertiary/aromatic N) is 1. The number of anilines is 1. The maximum atomic E-state index is 13.0. The molecular weight excluding hydrogens is 394 g/mol. The molecule has 2 bridgehead atoms. The van der Waals surface area contributed by atoms with Crippen LogP contribution in [0.2, 0.25) is 0 Å². The van der Waals surface area contributed by atoms with Crippen LogP contribution in [0.5, 0.6) is 11.5 Å². The van der Waals surface area contributed by atoms with Gasteiger partial charge in [0.25, 0.3) is 0 Å². The minimum Gasteiger partial charge on any atom is -0.482 e. The van der Waals surface area contributed by atoms with Gasteiger partial charge in [0.1, 0.15) is 11.5 Å². The number of amides is 2. The second-order valence-electron chi connectivity index (χ2n) is 8.90. The standard InChI is InChI=1S/C25H25NO5/c1-14-6-9-19(10-15(14)2)30-13-21(27)31-20-5-3-4-18(12-20)26-24(28)22-16-7-8-17(11-16)23(22)25(26)29/h3-6,9-10,12,16-17,22-23H,7-8,11,13H2,1-2H3/t16-,17-,22-,23-/m0/s1. The van der Waals surface area contributed by atoms with Gasteiger partial charge < -0.3 is 9.47 Å². The van der Waals surface area contributed by atoms with E-state index in [0.29, 0.717) is 23.3 Å². The first kappa shape index (κ1) is 19.8. The van der Waals surface area contributed by atoms with Crippen LogP contribution in [-0.2, 0) is 14.4 Å². The first-order valence-corrected chi connectivity index (χ1v) is 10.8. The molecule has 3 aliphatic rings. The number of esters is 1. The zero-order valence-corrected chi connectivity index (χ0v) is 17.7. The van der Waals surface area contributed by atoms with E-state index < -0.39 is 5.97 Å². The van der Waals surface area contributed by atoms with Gasteiger partial charge in [-0.25, -0.2) is 9.69 Å². The fourth-order valence-corrected chi connectivity index (χ4v) is 5.46. The first-order valence-electron chi connectivity index (χ1n) is 10.8. The quantitative estimate of drug-likeness (QED) is 0.418. The Morgan fingerprint density at radius 1 is 0.935 bits per heavy atom. The molecule has 2 saturated carbocycles. The lowest BCUT2D eigenvalue weighted by atomic mass is 9.81. The minimum atomic E-state index is -0.552. The normalized spacial score (nSPS) is 26.3. The van der Waals surface area contributed by atoms with Crippen molar-refractivity contribution in [2.24, 2.45) is 23.7 Å². The van der Waals surface area contributed by atoms with Crippen LogP contribution in [-0.4, -0.2) is 24.4 Å². The van der Waals surface area contributed by atoms with E-state index in [9.17, 15) is 14.4 Å². The van der Waals surface area contributed by atoms with Crippen molar-refractivity contribution >= 4 is 23.5 Å². The molecule has 0 unspecified atom stereocenters. The smallest absolute Gasteiger partial charge is 0.349 e. The van der Waals surface area contributed by atoms with Crippen molar-refractivity contribution in [1.82, 2.24) is 0 Å². The summed E-state index contributed by atoms with van der Waals surface area (Å²) in [6.45, 7) is 3.75. The van der Waals surface area contributed by atoms with Crippen molar-refractivity contribution < 1.29 is 23.9 Å². The number of benzene rings is 2. The van der Waals surface area contributed by atoms with Crippen LogP contribution in [0.4, 0.5) is 5.69 Å². The number of carbonyl (C=O) groups is 3. The van der Waals surface area contributed by atoms with Crippen molar-refractivity contribution in [2.45, 2.75) is 33.1 Å². The van der Waals surface area contributed by atoms with Gasteiger partial charge in [0, 0.05) is 6.07 Å². The molecule has 0 aromatic heterocycles. The third-order valence-corrected chi connectivity index (χ3v) is 7.07. The number of hydrogen-bond acceptors (Lipinski definition) is 5. The number of aryl methyl sites for hydroxylation is 2. The highest BCUT2D eigenvalue weighted by molar-refractivity contribution is 6.22. The van der Waals surface area contributed by atoms with Gasteiger partial charge in [-0.3, -0.25) is 9.59 Å². The molecule has 31 heavy (non-hydrogen) atoms. The van der Waals surface area contributed by atoms with Gasteiger partial charge in [-0.1, -0.05) is 12.1 Å². The lowest BCUT2D eigenvalue weighted by molar-refractivity contribution is -0.136. The highest BCUT2D eigenvalue weighted by Crippen LogP contribution is 2.56. The second kappa shape index (κ2) is 7.52. The zero-order valence-electron chi connectivity index (χ0n) is 17.7. The van der Waals surface area contributed by atoms with Crippen LogP contribution in [0, 0.1) is 37.5 Å². The summed E-state index contributed by atoms with van der Waals surface area (Å²) in [6, 6.07) is 12.2. The summed E-state index contributed by atoms with van der Waals surface area (Å²) in [5.41, 5.74) is 2.69. The van der Waals surface area contributed by atoms with E-state index in [4.69, 9.17) is 9.47 Å². The molecule has 6 heteroatoms. The Morgan fingerprint density at radius 3 is 2.32 bits per heavy atom. The Morgan fingerprint density at radius 2 is 1.65 bits per heavy atom. The molecule has 0 radical (unpaired) electrons. The summed E-state index contributed by atoms with van der Waals surface area (Å²) in [5, 5.41) is 0. The predicted molar refractivity (Wildman–Crippen MR) is 114 cm³/mol. The van der Waals surface area contributed by atoms with Crippen molar-refractivity contribution in [2.75, 3.05) is 11.5 Å². The number of ether oxygens (including phenoxy) is 2.